The van der Waals surface area contributed by atoms with Gasteiger partial charge in [-0.2, -0.15) is 4.98 Å². The van der Waals surface area contributed by atoms with Gasteiger partial charge < -0.3 is 25.1 Å². The van der Waals surface area contributed by atoms with E-state index in [0.29, 0.717) is 37.2 Å². The first-order chi connectivity index (χ1) is 18.7. The standard InChI is InChI=1S/C29H41ClN6O3/c1-5-16-32-22(15-18-38-4)20-36-19-21(24-25(30)34-28(31)35-26(24)36)12-8-7-11-17-33-29(2,3)27(37)39-23-13-9-6-10-14-23/h15-16,19,23,33H,5-7,9-11,13-14,17-18,20H2,1-4H3,(H2,31,34,35)/b22-15-,32-16?. The lowest BCUT2D eigenvalue weighted by Crippen LogP contribution is -2.49. The molecule has 0 spiro atoms. The molecule has 0 bridgehead atoms. The molecule has 3 rings (SSSR count). The van der Waals surface area contributed by atoms with Crippen molar-refractivity contribution in [2.75, 3.05) is 26.0 Å². The number of rotatable bonds is 12. The van der Waals surface area contributed by atoms with Crippen LogP contribution in [0.15, 0.2) is 23.0 Å². The zero-order valence-electron chi connectivity index (χ0n) is 23.6. The Bertz CT molecular complexity index is 1240. The van der Waals surface area contributed by atoms with Crippen LogP contribution in [0.2, 0.25) is 5.15 Å². The van der Waals surface area contributed by atoms with E-state index in [4.69, 9.17) is 26.8 Å². The maximum atomic E-state index is 12.6. The number of aliphatic imine (C=N–C) groups is 1. The van der Waals surface area contributed by atoms with E-state index in [1.54, 1.807) is 7.11 Å². The number of fused-ring (bicyclic) bond motifs is 1. The van der Waals surface area contributed by atoms with Crippen LogP contribution < -0.4 is 11.1 Å². The Morgan fingerprint density at radius 2 is 2.10 bits per heavy atom. The number of methoxy groups -OCH3 is 1. The van der Waals surface area contributed by atoms with E-state index in [9.17, 15) is 4.79 Å². The number of nitrogens with zero attached hydrogens (tertiary/aromatic N) is 4. The number of carbonyl (C=O) groups is 1. The predicted octanol–water partition coefficient (Wildman–Crippen LogP) is 5.05. The van der Waals surface area contributed by atoms with Crippen molar-refractivity contribution in [1.82, 2.24) is 19.9 Å². The Morgan fingerprint density at radius 3 is 2.82 bits per heavy atom. The van der Waals surface area contributed by atoms with Crippen LogP contribution in [0.1, 0.15) is 77.7 Å². The van der Waals surface area contributed by atoms with Crippen molar-refractivity contribution in [1.29, 1.82) is 0 Å². The minimum atomic E-state index is -0.739. The average Bonchev–Trinajstić information content (AvgIpc) is 3.25. The first-order valence-corrected chi connectivity index (χ1v) is 14.1. The smallest absolute Gasteiger partial charge is 0.326 e. The largest absolute Gasteiger partial charge is 0.461 e. The lowest BCUT2D eigenvalue weighted by molar-refractivity contribution is -0.157. The normalized spacial score (nSPS) is 15.1. The van der Waals surface area contributed by atoms with Crippen molar-refractivity contribution in [2.45, 2.75) is 90.3 Å². The Morgan fingerprint density at radius 1 is 1.33 bits per heavy atom. The third kappa shape index (κ3) is 9.06. The lowest BCUT2D eigenvalue weighted by Gasteiger charge is -2.29. The number of ether oxygens (including phenoxy) is 2. The SMILES string of the molecule is CCC=N/C(=C\COC)Cn1cc(C#CCCCNC(C)(C)C(=O)OC2CCCCC2)c2c(Cl)nc(N)nc21. The van der Waals surface area contributed by atoms with Crippen LogP contribution in [-0.4, -0.2) is 58.6 Å². The number of allylic oxidation sites excluding steroid dienone is 1. The molecule has 0 saturated heterocycles. The number of carbonyl (C=O) groups excluding carboxylic acids is 1. The minimum absolute atomic E-state index is 0.0523. The highest BCUT2D eigenvalue weighted by molar-refractivity contribution is 6.34. The summed E-state index contributed by atoms with van der Waals surface area (Å²) in [5.74, 6) is 6.36. The number of esters is 1. The van der Waals surface area contributed by atoms with Crippen LogP contribution in [0.3, 0.4) is 0 Å². The summed E-state index contributed by atoms with van der Waals surface area (Å²) in [6.07, 6.45) is 13.4. The maximum absolute atomic E-state index is 12.6. The van der Waals surface area contributed by atoms with Gasteiger partial charge in [0.2, 0.25) is 5.95 Å². The van der Waals surface area contributed by atoms with Crippen LogP contribution in [-0.2, 0) is 20.8 Å². The van der Waals surface area contributed by atoms with E-state index in [1.807, 2.05) is 43.8 Å². The molecule has 2 heterocycles. The monoisotopic (exact) mass is 556 g/mol. The second-order valence-corrected chi connectivity index (χ2v) is 10.6. The summed E-state index contributed by atoms with van der Waals surface area (Å²) in [5.41, 5.74) is 7.32. The molecule has 0 unspecified atom stereocenters. The van der Waals surface area contributed by atoms with Crippen molar-refractivity contribution in [2.24, 2.45) is 4.99 Å². The second kappa shape index (κ2) is 15.0. The summed E-state index contributed by atoms with van der Waals surface area (Å²) in [6, 6.07) is 0. The number of anilines is 1. The highest BCUT2D eigenvalue weighted by Crippen LogP contribution is 2.27. The van der Waals surface area contributed by atoms with Crippen molar-refractivity contribution in [3.8, 4) is 11.8 Å². The molecule has 10 heteroatoms. The highest BCUT2D eigenvalue weighted by atomic mass is 35.5. The molecule has 212 valence electrons. The van der Waals surface area contributed by atoms with E-state index in [2.05, 4.69) is 32.1 Å². The van der Waals surface area contributed by atoms with Gasteiger partial charge in [0.05, 0.1) is 29.8 Å². The van der Waals surface area contributed by atoms with Gasteiger partial charge in [0.15, 0.2) is 0 Å². The molecular formula is C29H41ClN6O3. The molecule has 1 fully saturated rings. The number of aromatic nitrogens is 3. The topological polar surface area (TPSA) is 117 Å². The van der Waals surface area contributed by atoms with E-state index in [-0.39, 0.29) is 23.2 Å². The fraction of sp³-hybridized carbons (Fsp3) is 0.586. The van der Waals surface area contributed by atoms with Gasteiger partial charge in [0.25, 0.3) is 0 Å². The molecule has 3 N–H and O–H groups in total. The van der Waals surface area contributed by atoms with Gasteiger partial charge in [-0.05, 0) is 65.0 Å². The molecule has 0 aromatic carbocycles. The lowest BCUT2D eigenvalue weighted by atomic mass is 9.97. The quantitative estimate of drug-likeness (QED) is 0.123. The molecule has 1 aliphatic carbocycles. The van der Waals surface area contributed by atoms with E-state index < -0.39 is 5.54 Å². The second-order valence-electron chi connectivity index (χ2n) is 10.2. The number of hydrogen-bond acceptors (Lipinski definition) is 8. The predicted molar refractivity (Wildman–Crippen MR) is 157 cm³/mol. The van der Waals surface area contributed by atoms with Gasteiger partial charge in [-0.25, -0.2) is 4.98 Å². The Hall–Kier alpha value is -2.93. The van der Waals surface area contributed by atoms with Crippen molar-refractivity contribution < 1.29 is 14.3 Å². The third-order valence-electron chi connectivity index (χ3n) is 6.55. The Balaban J connectivity index is 1.65. The van der Waals surface area contributed by atoms with Crippen LogP contribution in [0.4, 0.5) is 5.95 Å². The van der Waals surface area contributed by atoms with Gasteiger partial charge in [0, 0.05) is 25.9 Å². The molecule has 2 aromatic rings. The first kappa shape index (κ1) is 30.6. The summed E-state index contributed by atoms with van der Waals surface area (Å²) >= 11 is 6.47. The third-order valence-corrected chi connectivity index (χ3v) is 6.83. The van der Waals surface area contributed by atoms with Gasteiger partial charge in [-0.1, -0.05) is 36.8 Å². The zero-order valence-corrected chi connectivity index (χ0v) is 24.3. The van der Waals surface area contributed by atoms with Crippen molar-refractivity contribution in [3.63, 3.8) is 0 Å². The Labute approximate surface area is 236 Å². The van der Waals surface area contributed by atoms with Crippen LogP contribution >= 0.6 is 11.6 Å². The molecule has 0 atom stereocenters. The van der Waals surface area contributed by atoms with Crippen molar-refractivity contribution >= 4 is 40.8 Å². The molecule has 9 nitrogen and oxygen atoms in total. The number of hydrogen-bond donors (Lipinski definition) is 2. The van der Waals surface area contributed by atoms with E-state index in [0.717, 1.165) is 49.8 Å². The molecule has 1 aliphatic rings. The Kier molecular flexibility index (Phi) is 11.8. The number of unbranched alkanes of at least 4 members (excludes halogenated alkanes) is 1. The number of halogens is 1. The molecule has 0 amide bonds. The van der Waals surface area contributed by atoms with Gasteiger partial charge in [0.1, 0.15) is 22.4 Å². The number of nitrogens with one attached hydrogen (secondary N) is 1. The summed E-state index contributed by atoms with van der Waals surface area (Å²) in [4.78, 5) is 25.8. The number of nitrogen functional groups attached to an aromatic ring is 1. The van der Waals surface area contributed by atoms with E-state index in [1.165, 1.54) is 6.42 Å². The first-order valence-electron chi connectivity index (χ1n) is 13.7. The fourth-order valence-electron chi connectivity index (χ4n) is 4.38. The highest BCUT2D eigenvalue weighted by Gasteiger charge is 2.31. The van der Waals surface area contributed by atoms with Crippen LogP contribution in [0, 0.1) is 11.8 Å². The van der Waals surface area contributed by atoms with Gasteiger partial charge in [-0.15, -0.1) is 0 Å². The van der Waals surface area contributed by atoms with E-state index >= 15 is 0 Å². The molecule has 1 saturated carbocycles. The summed E-state index contributed by atoms with van der Waals surface area (Å²) in [5, 5.41) is 4.24. The molecular weight excluding hydrogens is 516 g/mol. The fourth-order valence-corrected chi connectivity index (χ4v) is 4.66. The van der Waals surface area contributed by atoms with Crippen molar-refractivity contribution in [3.05, 3.63) is 28.7 Å². The van der Waals surface area contributed by atoms with Gasteiger partial charge >= 0.3 is 5.97 Å². The van der Waals surface area contributed by atoms with Crippen LogP contribution in [0.25, 0.3) is 11.0 Å². The molecule has 39 heavy (non-hydrogen) atoms. The average molecular weight is 557 g/mol. The minimum Gasteiger partial charge on any atom is -0.461 e. The van der Waals surface area contributed by atoms with Gasteiger partial charge in [-0.3, -0.25) is 9.79 Å². The summed E-state index contributed by atoms with van der Waals surface area (Å²) in [6.45, 7) is 7.32. The summed E-state index contributed by atoms with van der Waals surface area (Å²) in [7, 11) is 1.64. The molecule has 0 radical (unpaired) electrons. The number of nitrogens with two attached hydrogens (primary N) is 1. The molecule has 0 aliphatic heterocycles. The molecule has 2 aromatic heterocycles. The maximum Gasteiger partial charge on any atom is 0.326 e. The van der Waals surface area contributed by atoms with Crippen LogP contribution in [0.5, 0.6) is 0 Å². The summed E-state index contributed by atoms with van der Waals surface area (Å²) < 4.78 is 12.9. The zero-order chi connectivity index (χ0) is 28.3.